The Balaban J connectivity index is 2.03. The summed E-state index contributed by atoms with van der Waals surface area (Å²) < 4.78 is 5.14. The van der Waals surface area contributed by atoms with Crippen LogP contribution in [0.1, 0.15) is 25.5 Å². The average molecular weight is 358 g/mol. The molecule has 2 rings (SSSR count). The largest absolute Gasteiger partial charge is 0.494 e. The predicted octanol–water partition coefficient (Wildman–Crippen LogP) is 2.50. The number of nitrogens with two attached hydrogens (primary N) is 1. The highest BCUT2D eigenvalue weighted by Crippen LogP contribution is 2.28. The highest BCUT2D eigenvalue weighted by Gasteiger charge is 2.21. The molecule has 138 valence electrons. The SMILES string of the molecule is COc1cc([N+](=O)[O-])ccc1NC(=O)C[NH2+][C@H](c1ccccc1)C(C)C. The second-order valence-corrected chi connectivity index (χ2v) is 6.31. The third-order valence-corrected chi connectivity index (χ3v) is 4.13. The minimum absolute atomic E-state index is 0.0876. The summed E-state index contributed by atoms with van der Waals surface area (Å²) in [6.45, 7) is 4.47. The lowest BCUT2D eigenvalue weighted by Crippen LogP contribution is -2.88. The summed E-state index contributed by atoms with van der Waals surface area (Å²) in [5, 5.41) is 15.6. The standard InChI is InChI=1S/C19H23N3O4/c1-13(2)19(14-7-5-4-6-8-14)20-12-18(23)21-16-10-9-15(22(24)25)11-17(16)26-3/h4-11,13,19-20H,12H2,1-3H3,(H,21,23)/p+1/t19-/m0/s1. The van der Waals surface area contributed by atoms with Crippen molar-refractivity contribution < 1.29 is 19.8 Å². The molecular formula is C19H24N3O4+. The van der Waals surface area contributed by atoms with E-state index in [-0.39, 0.29) is 29.9 Å². The number of non-ortho nitro benzene ring substituents is 1. The van der Waals surface area contributed by atoms with Gasteiger partial charge in [-0.15, -0.1) is 0 Å². The Bertz CT molecular complexity index is 763. The number of quaternary nitrogens is 1. The van der Waals surface area contributed by atoms with Crippen LogP contribution in [-0.4, -0.2) is 24.5 Å². The van der Waals surface area contributed by atoms with Gasteiger partial charge in [0.15, 0.2) is 6.54 Å². The summed E-state index contributed by atoms with van der Waals surface area (Å²) in [5.41, 5.74) is 1.50. The zero-order chi connectivity index (χ0) is 19.1. The predicted molar refractivity (Wildman–Crippen MR) is 99.1 cm³/mol. The Kier molecular flexibility index (Phi) is 6.68. The lowest BCUT2D eigenvalue weighted by molar-refractivity contribution is -0.692. The Morgan fingerprint density at radius 1 is 1.23 bits per heavy atom. The third kappa shape index (κ3) is 5.03. The fourth-order valence-electron chi connectivity index (χ4n) is 2.80. The van der Waals surface area contributed by atoms with Gasteiger partial charge in [-0.3, -0.25) is 14.9 Å². The fraction of sp³-hybridized carbons (Fsp3) is 0.316. The molecular weight excluding hydrogens is 334 g/mol. The summed E-state index contributed by atoms with van der Waals surface area (Å²) in [4.78, 5) is 22.7. The summed E-state index contributed by atoms with van der Waals surface area (Å²) >= 11 is 0. The number of hydrogen-bond donors (Lipinski definition) is 2. The molecule has 3 N–H and O–H groups in total. The maximum absolute atomic E-state index is 12.3. The maximum Gasteiger partial charge on any atom is 0.279 e. The second-order valence-electron chi connectivity index (χ2n) is 6.31. The molecule has 0 saturated heterocycles. The highest BCUT2D eigenvalue weighted by atomic mass is 16.6. The van der Waals surface area contributed by atoms with E-state index in [0.29, 0.717) is 11.6 Å². The first-order valence-electron chi connectivity index (χ1n) is 8.43. The van der Waals surface area contributed by atoms with E-state index in [4.69, 9.17) is 4.74 Å². The van der Waals surface area contributed by atoms with Crippen molar-refractivity contribution in [2.75, 3.05) is 19.0 Å². The van der Waals surface area contributed by atoms with E-state index >= 15 is 0 Å². The van der Waals surface area contributed by atoms with Gasteiger partial charge in [0.25, 0.3) is 11.6 Å². The third-order valence-electron chi connectivity index (χ3n) is 4.13. The quantitative estimate of drug-likeness (QED) is 0.559. The van der Waals surface area contributed by atoms with E-state index in [1.807, 2.05) is 23.5 Å². The number of anilines is 1. The van der Waals surface area contributed by atoms with Crippen molar-refractivity contribution >= 4 is 17.3 Å². The van der Waals surface area contributed by atoms with Crippen LogP contribution in [0, 0.1) is 16.0 Å². The zero-order valence-electron chi connectivity index (χ0n) is 15.1. The molecule has 0 heterocycles. The molecule has 0 aliphatic rings. The van der Waals surface area contributed by atoms with Crippen molar-refractivity contribution in [2.24, 2.45) is 5.92 Å². The number of carbonyl (C=O) groups excluding carboxylic acids is 1. The number of methoxy groups -OCH3 is 1. The molecule has 0 aliphatic heterocycles. The van der Waals surface area contributed by atoms with Gasteiger partial charge in [-0.2, -0.15) is 0 Å². The molecule has 0 bridgehead atoms. The van der Waals surface area contributed by atoms with Crippen molar-refractivity contribution in [1.82, 2.24) is 0 Å². The number of nitro groups is 1. The molecule has 7 nitrogen and oxygen atoms in total. The summed E-state index contributed by atoms with van der Waals surface area (Å²) in [6.07, 6.45) is 0. The average Bonchev–Trinajstić information content (AvgIpc) is 2.62. The van der Waals surface area contributed by atoms with Gasteiger partial charge < -0.3 is 15.4 Å². The molecule has 0 spiro atoms. The first-order chi connectivity index (χ1) is 12.4. The van der Waals surface area contributed by atoms with Crippen LogP contribution in [0.5, 0.6) is 5.75 Å². The van der Waals surface area contributed by atoms with E-state index in [9.17, 15) is 14.9 Å². The summed E-state index contributed by atoms with van der Waals surface area (Å²) in [6, 6.07) is 14.3. The number of nitrogens with one attached hydrogen (secondary N) is 1. The smallest absolute Gasteiger partial charge is 0.279 e. The lowest BCUT2D eigenvalue weighted by Gasteiger charge is -2.19. The molecule has 0 unspecified atom stereocenters. The van der Waals surface area contributed by atoms with Crippen LogP contribution in [0.15, 0.2) is 48.5 Å². The van der Waals surface area contributed by atoms with Crippen LogP contribution in [0.2, 0.25) is 0 Å². The molecule has 0 aromatic heterocycles. The van der Waals surface area contributed by atoms with Crippen LogP contribution in [0.4, 0.5) is 11.4 Å². The first kappa shape index (κ1) is 19.4. The Morgan fingerprint density at radius 2 is 1.92 bits per heavy atom. The van der Waals surface area contributed by atoms with Gasteiger partial charge in [0.2, 0.25) is 0 Å². The second kappa shape index (κ2) is 8.96. The molecule has 0 aliphatic carbocycles. The molecule has 2 aromatic carbocycles. The number of benzene rings is 2. The minimum Gasteiger partial charge on any atom is -0.494 e. The number of carbonyl (C=O) groups is 1. The number of nitro benzene ring substituents is 1. The van der Waals surface area contributed by atoms with Crippen molar-refractivity contribution in [2.45, 2.75) is 19.9 Å². The van der Waals surface area contributed by atoms with Gasteiger partial charge in [-0.05, 0) is 6.07 Å². The Morgan fingerprint density at radius 3 is 2.50 bits per heavy atom. The van der Waals surface area contributed by atoms with Crippen LogP contribution in [0.25, 0.3) is 0 Å². The van der Waals surface area contributed by atoms with Crippen molar-refractivity contribution in [1.29, 1.82) is 0 Å². The first-order valence-corrected chi connectivity index (χ1v) is 8.43. The monoisotopic (exact) mass is 358 g/mol. The van der Waals surface area contributed by atoms with Crippen LogP contribution < -0.4 is 15.4 Å². The highest BCUT2D eigenvalue weighted by molar-refractivity contribution is 5.93. The van der Waals surface area contributed by atoms with Crippen LogP contribution in [-0.2, 0) is 4.79 Å². The zero-order valence-corrected chi connectivity index (χ0v) is 15.1. The van der Waals surface area contributed by atoms with E-state index in [0.717, 1.165) is 0 Å². The lowest BCUT2D eigenvalue weighted by atomic mass is 9.96. The number of ether oxygens (including phenoxy) is 1. The Labute approximate surface area is 152 Å². The molecule has 26 heavy (non-hydrogen) atoms. The summed E-state index contributed by atoms with van der Waals surface area (Å²) in [7, 11) is 1.41. The number of amides is 1. The van der Waals surface area contributed by atoms with Crippen molar-refractivity contribution in [3.63, 3.8) is 0 Å². The van der Waals surface area contributed by atoms with Gasteiger partial charge in [0.05, 0.1) is 23.8 Å². The van der Waals surface area contributed by atoms with Crippen molar-refractivity contribution in [3.8, 4) is 5.75 Å². The minimum atomic E-state index is -0.505. The number of rotatable bonds is 8. The normalized spacial score (nSPS) is 11.8. The van der Waals surface area contributed by atoms with E-state index < -0.39 is 4.92 Å². The molecule has 0 fully saturated rings. The van der Waals surface area contributed by atoms with Gasteiger partial charge in [0, 0.05) is 17.5 Å². The van der Waals surface area contributed by atoms with Gasteiger partial charge in [-0.25, -0.2) is 0 Å². The summed E-state index contributed by atoms with van der Waals surface area (Å²) in [5.74, 6) is 0.425. The van der Waals surface area contributed by atoms with E-state index in [1.54, 1.807) is 0 Å². The van der Waals surface area contributed by atoms with Crippen molar-refractivity contribution in [3.05, 3.63) is 64.2 Å². The molecule has 2 aromatic rings. The topological polar surface area (TPSA) is 98.1 Å². The number of nitrogens with zero attached hydrogens (tertiary/aromatic N) is 1. The molecule has 0 saturated carbocycles. The van der Waals surface area contributed by atoms with E-state index in [2.05, 4.69) is 31.3 Å². The number of hydrogen-bond acceptors (Lipinski definition) is 4. The van der Waals surface area contributed by atoms with Crippen LogP contribution >= 0.6 is 0 Å². The molecule has 0 radical (unpaired) electrons. The fourth-order valence-corrected chi connectivity index (χ4v) is 2.80. The maximum atomic E-state index is 12.3. The molecule has 1 atom stereocenters. The molecule has 7 heteroatoms. The van der Waals surface area contributed by atoms with Gasteiger partial charge in [-0.1, -0.05) is 44.2 Å². The van der Waals surface area contributed by atoms with Crippen LogP contribution in [0.3, 0.4) is 0 Å². The Hall–Kier alpha value is -2.93. The van der Waals surface area contributed by atoms with Gasteiger partial charge in [0.1, 0.15) is 11.8 Å². The van der Waals surface area contributed by atoms with E-state index in [1.165, 1.54) is 30.9 Å². The van der Waals surface area contributed by atoms with Gasteiger partial charge >= 0.3 is 0 Å². The molecule has 1 amide bonds.